The van der Waals surface area contributed by atoms with Gasteiger partial charge in [0, 0.05) is 22.2 Å². The number of halogens is 5. The van der Waals surface area contributed by atoms with E-state index in [-0.39, 0.29) is 22.2 Å². The fourth-order valence-corrected chi connectivity index (χ4v) is 2.37. The van der Waals surface area contributed by atoms with Gasteiger partial charge in [0.05, 0.1) is 0 Å². The topological polar surface area (TPSA) is 20.3 Å². The van der Waals surface area contributed by atoms with Gasteiger partial charge in [0.25, 0.3) is 5.91 Å². The first-order chi connectivity index (χ1) is 9.37. The van der Waals surface area contributed by atoms with E-state index in [0.717, 1.165) is 4.90 Å². The lowest BCUT2D eigenvalue weighted by Crippen LogP contribution is -2.43. The summed E-state index contributed by atoms with van der Waals surface area (Å²) >= 11 is 11.6. The van der Waals surface area contributed by atoms with E-state index in [1.807, 2.05) is 0 Å². The predicted octanol–water partition coefficient (Wildman–Crippen LogP) is 5.04. The average molecular weight is 342 g/mol. The Kier molecular flexibility index (Phi) is 5.56. The van der Waals surface area contributed by atoms with Gasteiger partial charge >= 0.3 is 6.18 Å². The van der Waals surface area contributed by atoms with Crippen LogP contribution in [0.25, 0.3) is 0 Å². The minimum atomic E-state index is -4.47. The zero-order valence-electron chi connectivity index (χ0n) is 11.9. The number of alkyl halides is 3. The fraction of sp³-hybridized carbons (Fsp3) is 0.500. The lowest BCUT2D eigenvalue weighted by molar-refractivity contribution is -0.142. The summed E-state index contributed by atoms with van der Waals surface area (Å²) in [4.78, 5) is 13.1. The molecule has 0 heterocycles. The number of carbonyl (C=O) groups excluding carboxylic acids is 1. The van der Waals surface area contributed by atoms with Gasteiger partial charge in [-0.25, -0.2) is 0 Å². The Morgan fingerprint density at radius 1 is 1.05 bits per heavy atom. The van der Waals surface area contributed by atoms with Crippen LogP contribution in [0.3, 0.4) is 0 Å². The van der Waals surface area contributed by atoms with Crippen molar-refractivity contribution in [3.05, 3.63) is 33.8 Å². The largest absolute Gasteiger partial charge is 0.406 e. The zero-order chi connectivity index (χ0) is 16.4. The highest BCUT2D eigenvalue weighted by atomic mass is 35.5. The van der Waals surface area contributed by atoms with Gasteiger partial charge in [-0.3, -0.25) is 4.79 Å². The fourth-order valence-electron chi connectivity index (χ4n) is 1.85. The Labute approximate surface area is 131 Å². The summed E-state index contributed by atoms with van der Waals surface area (Å²) in [7, 11) is 0. The van der Waals surface area contributed by atoms with E-state index < -0.39 is 24.0 Å². The summed E-state index contributed by atoms with van der Waals surface area (Å²) in [5, 5.41) is 0.405. The Hall–Kier alpha value is -0.940. The van der Waals surface area contributed by atoms with Crippen LogP contribution in [-0.4, -0.2) is 30.1 Å². The first kappa shape index (κ1) is 18.1. The molecular formula is C14H16Cl2F3NO. The van der Waals surface area contributed by atoms with Crippen molar-refractivity contribution in [3.63, 3.8) is 0 Å². The van der Waals surface area contributed by atoms with Gasteiger partial charge in [-0.05, 0) is 23.6 Å². The van der Waals surface area contributed by atoms with E-state index in [9.17, 15) is 18.0 Å². The van der Waals surface area contributed by atoms with Crippen LogP contribution in [0.5, 0.6) is 0 Å². The average Bonchev–Trinajstić information content (AvgIpc) is 2.21. The van der Waals surface area contributed by atoms with E-state index >= 15 is 0 Å². The van der Waals surface area contributed by atoms with Crippen molar-refractivity contribution in [2.45, 2.75) is 26.9 Å². The van der Waals surface area contributed by atoms with E-state index in [1.165, 1.54) is 18.2 Å². The molecule has 1 rings (SSSR count). The second-order valence-corrected chi connectivity index (χ2v) is 6.87. The van der Waals surface area contributed by atoms with Crippen LogP contribution in [0.2, 0.25) is 10.0 Å². The molecule has 0 fully saturated rings. The minimum absolute atomic E-state index is 0.0323. The monoisotopic (exact) mass is 341 g/mol. The molecule has 0 N–H and O–H groups in total. The van der Waals surface area contributed by atoms with E-state index in [4.69, 9.17) is 23.2 Å². The maximum absolute atomic E-state index is 12.7. The van der Waals surface area contributed by atoms with Crippen LogP contribution in [0.1, 0.15) is 31.1 Å². The molecule has 0 radical (unpaired) electrons. The molecule has 0 saturated heterocycles. The molecule has 2 nitrogen and oxygen atoms in total. The number of rotatable bonds is 3. The highest BCUT2D eigenvalue weighted by Gasteiger charge is 2.35. The Balaban J connectivity index is 3.09. The second kappa shape index (κ2) is 6.44. The molecule has 1 amide bonds. The zero-order valence-corrected chi connectivity index (χ0v) is 13.4. The maximum Gasteiger partial charge on any atom is 0.406 e. The third-order valence-corrected chi connectivity index (χ3v) is 2.87. The lowest BCUT2D eigenvalue weighted by Gasteiger charge is -2.30. The molecule has 7 heteroatoms. The van der Waals surface area contributed by atoms with Crippen LogP contribution in [0.15, 0.2) is 18.2 Å². The van der Waals surface area contributed by atoms with Crippen molar-refractivity contribution in [1.29, 1.82) is 0 Å². The van der Waals surface area contributed by atoms with Gasteiger partial charge in [-0.2, -0.15) is 13.2 Å². The first-order valence-corrected chi connectivity index (χ1v) is 6.95. The summed E-state index contributed by atoms with van der Waals surface area (Å²) < 4.78 is 38.0. The smallest absolute Gasteiger partial charge is 0.329 e. The van der Waals surface area contributed by atoms with Crippen molar-refractivity contribution in [1.82, 2.24) is 4.90 Å². The standard InChI is InChI=1S/C14H16Cl2F3NO/c1-13(2,3)7-20(8-14(17,18)19)12(21)9-4-10(15)6-11(16)5-9/h4-6H,7-8H2,1-3H3. The van der Waals surface area contributed by atoms with Crippen molar-refractivity contribution in [2.24, 2.45) is 5.41 Å². The number of hydrogen-bond acceptors (Lipinski definition) is 1. The molecule has 0 aromatic heterocycles. The quantitative estimate of drug-likeness (QED) is 0.753. The van der Waals surface area contributed by atoms with Crippen LogP contribution in [-0.2, 0) is 0 Å². The molecule has 0 aliphatic rings. The van der Waals surface area contributed by atoms with Crippen molar-refractivity contribution in [2.75, 3.05) is 13.1 Å². The molecule has 21 heavy (non-hydrogen) atoms. The number of carbonyl (C=O) groups is 1. The lowest BCUT2D eigenvalue weighted by atomic mass is 9.95. The third-order valence-electron chi connectivity index (χ3n) is 2.43. The molecule has 1 aromatic carbocycles. The maximum atomic E-state index is 12.7. The van der Waals surface area contributed by atoms with Gasteiger partial charge < -0.3 is 4.90 Å². The van der Waals surface area contributed by atoms with E-state index in [2.05, 4.69) is 0 Å². The second-order valence-electron chi connectivity index (χ2n) is 6.00. The summed E-state index contributed by atoms with van der Waals surface area (Å²) in [6.07, 6.45) is -4.47. The number of hydrogen-bond donors (Lipinski definition) is 0. The molecule has 0 spiro atoms. The predicted molar refractivity (Wildman–Crippen MR) is 77.9 cm³/mol. The van der Waals surface area contributed by atoms with Crippen LogP contribution in [0, 0.1) is 5.41 Å². The normalized spacial score (nSPS) is 12.4. The number of nitrogens with zero attached hydrogens (tertiary/aromatic N) is 1. The molecule has 0 unspecified atom stereocenters. The SMILES string of the molecule is CC(C)(C)CN(CC(F)(F)F)C(=O)c1cc(Cl)cc(Cl)c1. The molecule has 0 aliphatic heterocycles. The summed E-state index contributed by atoms with van der Waals surface area (Å²) in [5.41, 5.74) is -0.426. The molecule has 1 aromatic rings. The highest BCUT2D eigenvalue weighted by molar-refractivity contribution is 6.35. The summed E-state index contributed by atoms with van der Waals surface area (Å²) in [6.45, 7) is 3.93. The van der Waals surface area contributed by atoms with Gasteiger partial charge in [0.1, 0.15) is 6.54 Å². The molecule has 0 bridgehead atoms. The molecule has 118 valence electrons. The van der Waals surface area contributed by atoms with Crippen LogP contribution in [0.4, 0.5) is 13.2 Å². The van der Waals surface area contributed by atoms with E-state index in [1.54, 1.807) is 20.8 Å². The van der Waals surface area contributed by atoms with Crippen LogP contribution >= 0.6 is 23.2 Å². The Morgan fingerprint density at radius 3 is 1.90 bits per heavy atom. The number of benzene rings is 1. The van der Waals surface area contributed by atoms with Gasteiger partial charge in [0.15, 0.2) is 0 Å². The van der Waals surface area contributed by atoms with Crippen molar-refractivity contribution >= 4 is 29.1 Å². The highest BCUT2D eigenvalue weighted by Crippen LogP contribution is 2.25. The minimum Gasteiger partial charge on any atom is -0.329 e. The molecule has 0 saturated carbocycles. The van der Waals surface area contributed by atoms with Gasteiger partial charge in [-0.1, -0.05) is 44.0 Å². The van der Waals surface area contributed by atoms with Crippen LogP contribution < -0.4 is 0 Å². The van der Waals surface area contributed by atoms with Crippen molar-refractivity contribution < 1.29 is 18.0 Å². The van der Waals surface area contributed by atoms with E-state index in [0.29, 0.717) is 0 Å². The summed E-state index contributed by atoms with van der Waals surface area (Å²) in [6, 6.07) is 4.03. The first-order valence-electron chi connectivity index (χ1n) is 6.19. The Bertz CT molecular complexity index is 488. The third kappa shape index (κ3) is 6.57. The van der Waals surface area contributed by atoms with Crippen molar-refractivity contribution in [3.8, 4) is 0 Å². The number of amides is 1. The molecule has 0 aliphatic carbocycles. The summed E-state index contributed by atoms with van der Waals surface area (Å²) in [5.74, 6) is -0.744. The van der Waals surface area contributed by atoms with Gasteiger partial charge in [-0.15, -0.1) is 0 Å². The van der Waals surface area contributed by atoms with Gasteiger partial charge in [0.2, 0.25) is 0 Å². The molecule has 0 atom stereocenters. The Morgan fingerprint density at radius 2 is 1.52 bits per heavy atom. The molecular weight excluding hydrogens is 326 g/mol.